The molecular formula is C36H22. The highest BCUT2D eigenvalue weighted by Gasteiger charge is 2.12. The first-order valence-electron chi connectivity index (χ1n) is 12.5. The first-order valence-corrected chi connectivity index (χ1v) is 12.5. The second-order valence-electron chi connectivity index (χ2n) is 9.77. The quantitative estimate of drug-likeness (QED) is 0.171. The molecule has 0 N–H and O–H groups in total. The van der Waals surface area contributed by atoms with Crippen LogP contribution in [0.25, 0.3) is 75.8 Å². The fourth-order valence-corrected chi connectivity index (χ4v) is 6.03. The minimum Gasteiger partial charge on any atom is -0.0616 e. The van der Waals surface area contributed by atoms with Gasteiger partial charge in [-0.05, 0) is 100 Å². The van der Waals surface area contributed by atoms with Crippen LogP contribution in [0, 0.1) is 0 Å². The van der Waals surface area contributed by atoms with Crippen LogP contribution in [0.4, 0.5) is 0 Å². The zero-order valence-electron chi connectivity index (χ0n) is 19.7. The van der Waals surface area contributed by atoms with Crippen LogP contribution < -0.4 is 0 Å². The van der Waals surface area contributed by atoms with Crippen LogP contribution in [0.1, 0.15) is 0 Å². The summed E-state index contributed by atoms with van der Waals surface area (Å²) in [5.41, 5.74) is 2.57. The molecule has 8 rings (SSSR count). The van der Waals surface area contributed by atoms with E-state index in [1.165, 1.54) is 75.8 Å². The van der Waals surface area contributed by atoms with Gasteiger partial charge in [0.1, 0.15) is 0 Å². The molecule has 0 heterocycles. The van der Waals surface area contributed by atoms with E-state index in [0.29, 0.717) is 0 Å². The van der Waals surface area contributed by atoms with Crippen molar-refractivity contribution in [3.8, 4) is 11.1 Å². The number of hydrogen-bond acceptors (Lipinski definition) is 0. The molecule has 8 aromatic carbocycles. The van der Waals surface area contributed by atoms with E-state index in [-0.39, 0.29) is 0 Å². The zero-order valence-corrected chi connectivity index (χ0v) is 19.7. The van der Waals surface area contributed by atoms with Gasteiger partial charge >= 0.3 is 0 Å². The van der Waals surface area contributed by atoms with Crippen molar-refractivity contribution in [2.45, 2.75) is 0 Å². The van der Waals surface area contributed by atoms with Crippen molar-refractivity contribution >= 4 is 64.6 Å². The van der Waals surface area contributed by atoms with Crippen molar-refractivity contribution in [3.63, 3.8) is 0 Å². The van der Waals surface area contributed by atoms with E-state index in [4.69, 9.17) is 0 Å². The molecule has 0 saturated heterocycles. The molecule has 0 heteroatoms. The van der Waals surface area contributed by atoms with Crippen molar-refractivity contribution < 1.29 is 0 Å². The van der Waals surface area contributed by atoms with Gasteiger partial charge in [0.2, 0.25) is 0 Å². The lowest BCUT2D eigenvalue weighted by molar-refractivity contribution is 1.71. The smallest absolute Gasteiger partial charge is 0.00986 e. The lowest BCUT2D eigenvalue weighted by Gasteiger charge is -2.14. The van der Waals surface area contributed by atoms with Gasteiger partial charge < -0.3 is 0 Å². The van der Waals surface area contributed by atoms with Crippen molar-refractivity contribution in [3.05, 3.63) is 133 Å². The maximum absolute atomic E-state index is 2.40. The van der Waals surface area contributed by atoms with E-state index in [0.717, 1.165) is 0 Å². The largest absolute Gasteiger partial charge is 0.0616 e. The van der Waals surface area contributed by atoms with E-state index >= 15 is 0 Å². The number of hydrogen-bond donors (Lipinski definition) is 0. The molecule has 0 amide bonds. The summed E-state index contributed by atoms with van der Waals surface area (Å²) in [5.74, 6) is 0. The second-order valence-corrected chi connectivity index (χ2v) is 9.77. The minimum atomic E-state index is 1.28. The predicted molar refractivity (Wildman–Crippen MR) is 157 cm³/mol. The highest BCUT2D eigenvalue weighted by Crippen LogP contribution is 2.39. The molecule has 0 aliphatic heterocycles. The predicted octanol–water partition coefficient (Wildman–Crippen LogP) is 10.3. The topological polar surface area (TPSA) is 0 Å². The average Bonchev–Trinajstić information content (AvgIpc) is 2.94. The van der Waals surface area contributed by atoms with Gasteiger partial charge in [0.15, 0.2) is 0 Å². The van der Waals surface area contributed by atoms with Gasteiger partial charge in [-0.2, -0.15) is 0 Å². The van der Waals surface area contributed by atoms with Gasteiger partial charge in [0, 0.05) is 0 Å². The molecular weight excluding hydrogens is 432 g/mol. The molecule has 0 nitrogen and oxygen atoms in total. The van der Waals surface area contributed by atoms with Crippen LogP contribution in [0.5, 0.6) is 0 Å². The lowest BCUT2D eigenvalue weighted by Crippen LogP contribution is -1.87. The molecule has 0 radical (unpaired) electrons. The van der Waals surface area contributed by atoms with E-state index in [1.807, 2.05) is 0 Å². The normalized spacial score (nSPS) is 11.9. The number of benzene rings is 8. The number of rotatable bonds is 1. The van der Waals surface area contributed by atoms with Crippen LogP contribution in [0.15, 0.2) is 133 Å². The molecule has 0 aromatic heterocycles. The molecule has 0 fully saturated rings. The van der Waals surface area contributed by atoms with E-state index in [2.05, 4.69) is 133 Å². The highest BCUT2D eigenvalue weighted by molar-refractivity contribution is 6.18. The third-order valence-corrected chi connectivity index (χ3v) is 7.78. The van der Waals surface area contributed by atoms with Gasteiger partial charge in [-0.15, -0.1) is 0 Å². The van der Waals surface area contributed by atoms with Gasteiger partial charge in [-0.1, -0.05) is 109 Å². The summed E-state index contributed by atoms with van der Waals surface area (Å²) in [7, 11) is 0. The van der Waals surface area contributed by atoms with E-state index < -0.39 is 0 Å². The molecule has 36 heavy (non-hydrogen) atoms. The molecule has 0 spiro atoms. The van der Waals surface area contributed by atoms with Crippen LogP contribution in [-0.2, 0) is 0 Å². The lowest BCUT2D eigenvalue weighted by atomic mass is 9.90. The molecule has 0 aliphatic carbocycles. The summed E-state index contributed by atoms with van der Waals surface area (Å²) in [6.45, 7) is 0. The maximum atomic E-state index is 2.40. The Morgan fingerprint density at radius 3 is 1.11 bits per heavy atom. The summed E-state index contributed by atoms with van der Waals surface area (Å²) >= 11 is 0. The third-order valence-electron chi connectivity index (χ3n) is 7.78. The Balaban J connectivity index is 1.48. The summed E-state index contributed by atoms with van der Waals surface area (Å²) in [6.07, 6.45) is 0. The Labute approximate surface area is 209 Å². The monoisotopic (exact) mass is 454 g/mol. The molecule has 0 unspecified atom stereocenters. The first kappa shape index (κ1) is 19.6. The van der Waals surface area contributed by atoms with Crippen LogP contribution >= 0.6 is 0 Å². The summed E-state index contributed by atoms with van der Waals surface area (Å²) in [5, 5.41) is 15.5. The fraction of sp³-hybridized carbons (Fsp3) is 0. The first-order chi connectivity index (χ1) is 17.8. The third kappa shape index (κ3) is 2.82. The van der Waals surface area contributed by atoms with Crippen LogP contribution in [-0.4, -0.2) is 0 Å². The Kier molecular flexibility index (Phi) is 4.03. The SMILES string of the molecule is c1cc(-c2cccc3cc4ccc5ccccc5c4cc23)c2cc3c(ccc4ccccc43)cc2c1. The maximum Gasteiger partial charge on any atom is -0.00986 e. The van der Waals surface area contributed by atoms with E-state index in [1.54, 1.807) is 0 Å². The molecule has 0 atom stereocenters. The zero-order chi connectivity index (χ0) is 23.6. The molecule has 166 valence electrons. The Morgan fingerprint density at radius 1 is 0.222 bits per heavy atom. The summed E-state index contributed by atoms with van der Waals surface area (Å²) in [4.78, 5) is 0. The fourth-order valence-electron chi connectivity index (χ4n) is 6.03. The minimum absolute atomic E-state index is 1.28. The van der Waals surface area contributed by atoms with Crippen LogP contribution in [0.2, 0.25) is 0 Å². The Bertz CT molecular complexity index is 1990. The highest BCUT2D eigenvalue weighted by atomic mass is 14.2. The molecule has 0 aliphatic rings. The standard InChI is InChI=1S/C36H22/c1-3-11-29-23(7-1)15-17-27-19-25-9-5-13-31(35(25)21-33(27)29)32-14-6-10-26-20-28-18-16-24-8-2-4-12-30(24)34(28)22-36(26)32/h1-22H. The van der Waals surface area contributed by atoms with Crippen molar-refractivity contribution in [2.75, 3.05) is 0 Å². The van der Waals surface area contributed by atoms with Crippen molar-refractivity contribution in [2.24, 2.45) is 0 Å². The Hall–Kier alpha value is -4.68. The van der Waals surface area contributed by atoms with Gasteiger partial charge in [-0.3, -0.25) is 0 Å². The van der Waals surface area contributed by atoms with Crippen LogP contribution in [0.3, 0.4) is 0 Å². The Morgan fingerprint density at radius 2 is 0.611 bits per heavy atom. The number of fused-ring (bicyclic) bond motifs is 8. The van der Waals surface area contributed by atoms with Gasteiger partial charge in [-0.25, -0.2) is 0 Å². The summed E-state index contributed by atoms with van der Waals surface area (Å²) < 4.78 is 0. The molecule has 8 aromatic rings. The summed E-state index contributed by atoms with van der Waals surface area (Å²) in [6, 6.07) is 49.2. The second kappa shape index (κ2) is 7.41. The van der Waals surface area contributed by atoms with Crippen molar-refractivity contribution in [1.82, 2.24) is 0 Å². The van der Waals surface area contributed by atoms with Gasteiger partial charge in [0.05, 0.1) is 0 Å². The van der Waals surface area contributed by atoms with Gasteiger partial charge in [0.25, 0.3) is 0 Å². The van der Waals surface area contributed by atoms with E-state index in [9.17, 15) is 0 Å². The van der Waals surface area contributed by atoms with Crippen molar-refractivity contribution in [1.29, 1.82) is 0 Å². The average molecular weight is 455 g/mol. The molecule has 0 bridgehead atoms. The molecule has 0 saturated carbocycles.